The summed E-state index contributed by atoms with van der Waals surface area (Å²) < 4.78 is 19.4. The highest BCUT2D eigenvalue weighted by Crippen LogP contribution is 2.38. The fourth-order valence-corrected chi connectivity index (χ4v) is 4.65. The summed E-state index contributed by atoms with van der Waals surface area (Å²) in [6, 6.07) is 20.6. The maximum atomic E-state index is 6.23. The molecule has 34 heavy (non-hydrogen) atoms. The Labute approximate surface area is 200 Å². The van der Waals surface area contributed by atoms with Crippen LogP contribution in [0.15, 0.2) is 66.9 Å². The van der Waals surface area contributed by atoms with E-state index in [0.717, 1.165) is 34.0 Å². The molecule has 0 unspecified atom stereocenters. The summed E-state index contributed by atoms with van der Waals surface area (Å²) in [5.74, 6) is 3.12. The number of pyridine rings is 1. The van der Waals surface area contributed by atoms with Crippen LogP contribution >= 0.6 is 0 Å². The van der Waals surface area contributed by atoms with E-state index in [1.54, 1.807) is 14.2 Å². The molecule has 2 aromatic carbocycles. The van der Waals surface area contributed by atoms with E-state index in [1.807, 2.05) is 54.7 Å². The first-order chi connectivity index (χ1) is 16.8. The van der Waals surface area contributed by atoms with Gasteiger partial charge in [0.25, 0.3) is 0 Å². The van der Waals surface area contributed by atoms with Crippen LogP contribution in [0.1, 0.15) is 37.7 Å². The van der Waals surface area contributed by atoms with E-state index in [9.17, 15) is 0 Å². The number of hydrogen-bond acceptors (Lipinski definition) is 5. The predicted octanol–water partition coefficient (Wildman–Crippen LogP) is 6.34. The minimum atomic E-state index is 0.432. The van der Waals surface area contributed by atoms with Crippen LogP contribution in [0.2, 0.25) is 0 Å². The summed E-state index contributed by atoms with van der Waals surface area (Å²) in [6.07, 6.45) is 8.21. The lowest BCUT2D eigenvalue weighted by molar-refractivity contribution is 0.308. The SMILES string of the molecule is COc1ccc(-c2nc3c(OCc4ccccc4)cccn3c2NC2CCCCC2)cc1OC. The molecule has 1 saturated carbocycles. The smallest absolute Gasteiger partial charge is 0.181 e. The second-order valence-electron chi connectivity index (χ2n) is 8.70. The fourth-order valence-electron chi connectivity index (χ4n) is 4.65. The zero-order chi connectivity index (χ0) is 23.3. The van der Waals surface area contributed by atoms with Crippen molar-refractivity contribution >= 4 is 11.5 Å². The number of rotatable bonds is 8. The van der Waals surface area contributed by atoms with E-state index in [0.29, 0.717) is 24.1 Å². The minimum absolute atomic E-state index is 0.432. The van der Waals surface area contributed by atoms with Gasteiger partial charge >= 0.3 is 0 Å². The van der Waals surface area contributed by atoms with Crippen LogP contribution in [0.5, 0.6) is 17.2 Å². The third kappa shape index (κ3) is 4.53. The number of benzene rings is 2. The molecular weight excluding hydrogens is 426 g/mol. The van der Waals surface area contributed by atoms with Gasteiger partial charge in [0.15, 0.2) is 22.9 Å². The van der Waals surface area contributed by atoms with Gasteiger partial charge in [-0.2, -0.15) is 0 Å². The summed E-state index contributed by atoms with van der Waals surface area (Å²) in [7, 11) is 3.30. The Morgan fingerprint density at radius 1 is 0.882 bits per heavy atom. The number of aromatic nitrogens is 2. The zero-order valence-electron chi connectivity index (χ0n) is 19.8. The van der Waals surface area contributed by atoms with Gasteiger partial charge in [0.2, 0.25) is 0 Å². The van der Waals surface area contributed by atoms with Gasteiger partial charge < -0.3 is 19.5 Å². The number of ether oxygens (including phenoxy) is 3. The Hall–Kier alpha value is -3.67. The molecule has 0 atom stereocenters. The van der Waals surface area contributed by atoms with E-state index in [2.05, 4.69) is 21.9 Å². The van der Waals surface area contributed by atoms with Gasteiger partial charge in [-0.15, -0.1) is 0 Å². The molecule has 5 rings (SSSR count). The molecule has 2 aromatic heterocycles. The Morgan fingerprint density at radius 2 is 1.68 bits per heavy atom. The first-order valence-electron chi connectivity index (χ1n) is 11.9. The summed E-state index contributed by atoms with van der Waals surface area (Å²) in [5, 5.41) is 3.81. The van der Waals surface area contributed by atoms with Crippen molar-refractivity contribution in [2.75, 3.05) is 19.5 Å². The topological polar surface area (TPSA) is 57.0 Å². The Bertz CT molecular complexity index is 1250. The standard InChI is InChI=1S/C28H31N3O3/c1-32-23-16-15-21(18-25(23)33-2)26-28(29-22-12-7-4-8-13-22)31-17-9-14-24(27(31)30-26)34-19-20-10-5-3-6-11-20/h3,5-6,9-11,14-18,22,29H,4,7-8,12-13,19H2,1-2H3. The third-order valence-electron chi connectivity index (χ3n) is 6.45. The molecule has 0 bridgehead atoms. The van der Waals surface area contributed by atoms with Crippen molar-refractivity contribution in [2.24, 2.45) is 0 Å². The average molecular weight is 458 g/mol. The molecule has 6 nitrogen and oxygen atoms in total. The van der Waals surface area contributed by atoms with Gasteiger partial charge in [-0.25, -0.2) is 4.98 Å². The van der Waals surface area contributed by atoms with Crippen molar-refractivity contribution in [1.82, 2.24) is 9.38 Å². The second kappa shape index (κ2) is 10.1. The number of nitrogens with zero attached hydrogens (tertiary/aromatic N) is 2. The lowest BCUT2D eigenvalue weighted by Gasteiger charge is -2.24. The highest BCUT2D eigenvalue weighted by atomic mass is 16.5. The van der Waals surface area contributed by atoms with E-state index in [-0.39, 0.29) is 0 Å². The van der Waals surface area contributed by atoms with Crippen molar-refractivity contribution in [1.29, 1.82) is 0 Å². The molecule has 1 fully saturated rings. The number of anilines is 1. The highest BCUT2D eigenvalue weighted by molar-refractivity contribution is 5.80. The van der Waals surface area contributed by atoms with Crippen molar-refractivity contribution in [3.05, 3.63) is 72.4 Å². The molecule has 176 valence electrons. The van der Waals surface area contributed by atoms with E-state index in [4.69, 9.17) is 19.2 Å². The Morgan fingerprint density at radius 3 is 2.44 bits per heavy atom. The molecule has 1 N–H and O–H groups in total. The van der Waals surface area contributed by atoms with E-state index in [1.165, 1.54) is 32.1 Å². The molecular formula is C28H31N3O3. The van der Waals surface area contributed by atoms with E-state index < -0.39 is 0 Å². The van der Waals surface area contributed by atoms with Gasteiger partial charge in [0.05, 0.1) is 14.2 Å². The lowest BCUT2D eigenvalue weighted by Crippen LogP contribution is -2.23. The minimum Gasteiger partial charge on any atom is -0.493 e. The molecule has 0 amide bonds. The van der Waals surface area contributed by atoms with Crippen LogP contribution < -0.4 is 19.5 Å². The molecule has 0 radical (unpaired) electrons. The van der Waals surface area contributed by atoms with Crippen LogP contribution in [-0.2, 0) is 6.61 Å². The second-order valence-corrected chi connectivity index (χ2v) is 8.70. The van der Waals surface area contributed by atoms with E-state index >= 15 is 0 Å². The molecule has 0 spiro atoms. The quantitative estimate of drug-likeness (QED) is 0.334. The zero-order valence-corrected chi connectivity index (χ0v) is 19.8. The van der Waals surface area contributed by atoms with Crippen LogP contribution in [0.3, 0.4) is 0 Å². The first-order valence-corrected chi connectivity index (χ1v) is 11.9. The molecule has 6 heteroatoms. The lowest BCUT2D eigenvalue weighted by atomic mass is 9.95. The van der Waals surface area contributed by atoms with Crippen molar-refractivity contribution in [2.45, 2.75) is 44.8 Å². The fraction of sp³-hybridized carbons (Fsp3) is 0.321. The molecule has 1 aliphatic carbocycles. The molecule has 2 heterocycles. The number of fused-ring (bicyclic) bond motifs is 1. The molecule has 0 saturated heterocycles. The Balaban J connectivity index is 1.57. The summed E-state index contributed by atoms with van der Waals surface area (Å²) >= 11 is 0. The number of methoxy groups -OCH3 is 2. The van der Waals surface area contributed by atoms with Gasteiger partial charge in [-0.3, -0.25) is 4.40 Å². The molecule has 0 aliphatic heterocycles. The van der Waals surface area contributed by atoms with Crippen molar-refractivity contribution in [3.63, 3.8) is 0 Å². The molecule has 4 aromatic rings. The van der Waals surface area contributed by atoms with Crippen LogP contribution in [0, 0.1) is 0 Å². The number of nitrogens with one attached hydrogen (secondary N) is 1. The van der Waals surface area contributed by atoms with Crippen LogP contribution in [0.25, 0.3) is 16.9 Å². The van der Waals surface area contributed by atoms with Gasteiger partial charge in [0, 0.05) is 17.8 Å². The number of hydrogen-bond donors (Lipinski definition) is 1. The monoisotopic (exact) mass is 457 g/mol. The summed E-state index contributed by atoms with van der Waals surface area (Å²) in [4.78, 5) is 5.07. The highest BCUT2D eigenvalue weighted by Gasteiger charge is 2.22. The summed E-state index contributed by atoms with van der Waals surface area (Å²) in [5.41, 5.74) is 3.76. The summed E-state index contributed by atoms with van der Waals surface area (Å²) in [6.45, 7) is 0.491. The predicted molar refractivity (Wildman–Crippen MR) is 135 cm³/mol. The molecule has 1 aliphatic rings. The maximum Gasteiger partial charge on any atom is 0.181 e. The number of imidazole rings is 1. The van der Waals surface area contributed by atoms with Crippen molar-refractivity contribution in [3.8, 4) is 28.5 Å². The largest absolute Gasteiger partial charge is 0.493 e. The van der Waals surface area contributed by atoms with Gasteiger partial charge in [-0.05, 0) is 48.7 Å². The normalized spacial score (nSPS) is 14.2. The Kier molecular flexibility index (Phi) is 6.56. The average Bonchev–Trinajstić information content (AvgIpc) is 3.27. The third-order valence-corrected chi connectivity index (χ3v) is 6.45. The van der Waals surface area contributed by atoms with Crippen LogP contribution in [0.4, 0.5) is 5.82 Å². The maximum absolute atomic E-state index is 6.23. The first kappa shape index (κ1) is 22.1. The van der Waals surface area contributed by atoms with Gasteiger partial charge in [0.1, 0.15) is 18.1 Å². The van der Waals surface area contributed by atoms with Crippen molar-refractivity contribution < 1.29 is 14.2 Å². The van der Waals surface area contributed by atoms with Gasteiger partial charge in [-0.1, -0.05) is 49.6 Å². The van der Waals surface area contributed by atoms with Crippen LogP contribution in [-0.4, -0.2) is 29.6 Å².